The molecule has 0 saturated heterocycles. The molecule has 1 amide bonds. The lowest BCUT2D eigenvalue weighted by Crippen LogP contribution is -2.37. The molecule has 0 spiro atoms. The fourth-order valence-corrected chi connectivity index (χ4v) is 2.76. The summed E-state index contributed by atoms with van der Waals surface area (Å²) >= 11 is 1.29. The molecule has 0 aromatic heterocycles. The van der Waals surface area contributed by atoms with E-state index in [1.54, 1.807) is 26.0 Å². The quantitative estimate of drug-likeness (QED) is 0.447. The Hall–Kier alpha value is -2.09. The molecule has 1 aromatic carbocycles. The van der Waals surface area contributed by atoms with Gasteiger partial charge in [0.05, 0.1) is 16.6 Å². The largest absolute Gasteiger partial charge is 0.481 e. The zero-order valence-corrected chi connectivity index (χ0v) is 13.2. The van der Waals surface area contributed by atoms with Gasteiger partial charge in [-0.15, -0.1) is 11.8 Å². The number of nitrogens with zero attached hydrogens (tertiary/aromatic N) is 2. The number of rotatable bonds is 8. The third kappa shape index (κ3) is 5.36. The van der Waals surface area contributed by atoms with E-state index in [0.29, 0.717) is 6.54 Å². The summed E-state index contributed by atoms with van der Waals surface area (Å²) in [6.45, 7) is 4.15. The predicted octanol–water partition coefficient (Wildman–Crippen LogP) is 2.40. The van der Waals surface area contributed by atoms with Crippen molar-refractivity contribution in [3.8, 4) is 0 Å². The van der Waals surface area contributed by atoms with Crippen LogP contribution in [0.3, 0.4) is 0 Å². The summed E-state index contributed by atoms with van der Waals surface area (Å²) in [4.78, 5) is 35.2. The number of thioether (sulfide) groups is 1. The average Bonchev–Trinajstić information content (AvgIpc) is 2.47. The van der Waals surface area contributed by atoms with Crippen molar-refractivity contribution in [1.82, 2.24) is 4.90 Å². The van der Waals surface area contributed by atoms with Gasteiger partial charge in [-0.3, -0.25) is 19.7 Å². The van der Waals surface area contributed by atoms with Crippen LogP contribution >= 0.6 is 11.8 Å². The van der Waals surface area contributed by atoms with Crippen molar-refractivity contribution in [2.24, 2.45) is 0 Å². The Bertz CT molecular complexity index is 547. The van der Waals surface area contributed by atoms with Gasteiger partial charge >= 0.3 is 5.97 Å². The summed E-state index contributed by atoms with van der Waals surface area (Å²) in [6.07, 6.45) is -0.0888. The minimum Gasteiger partial charge on any atom is -0.481 e. The molecule has 1 atom stereocenters. The number of hydrogen-bond acceptors (Lipinski definition) is 5. The third-order valence-electron chi connectivity index (χ3n) is 3.00. The van der Waals surface area contributed by atoms with E-state index >= 15 is 0 Å². The number of carbonyl (C=O) groups is 2. The molecule has 0 saturated carbocycles. The maximum Gasteiger partial charge on any atom is 0.305 e. The number of amides is 1. The molecule has 0 radical (unpaired) electrons. The van der Waals surface area contributed by atoms with Crippen LogP contribution in [-0.4, -0.2) is 45.1 Å². The van der Waals surface area contributed by atoms with Crippen LogP contribution in [0.2, 0.25) is 0 Å². The number of non-ortho nitro benzene ring substituents is 1. The number of nitro benzene ring substituents is 1. The second-order valence-electron chi connectivity index (χ2n) is 4.57. The van der Waals surface area contributed by atoms with Crippen molar-refractivity contribution in [1.29, 1.82) is 0 Å². The molecule has 0 heterocycles. The third-order valence-corrected chi connectivity index (χ3v) is 4.10. The van der Waals surface area contributed by atoms with E-state index in [9.17, 15) is 19.7 Å². The summed E-state index contributed by atoms with van der Waals surface area (Å²) in [5.74, 6) is -1.09. The van der Waals surface area contributed by atoms with Crippen molar-refractivity contribution in [3.05, 3.63) is 34.4 Å². The van der Waals surface area contributed by atoms with Crippen molar-refractivity contribution in [2.75, 3.05) is 13.1 Å². The zero-order valence-electron chi connectivity index (χ0n) is 12.4. The second-order valence-corrected chi connectivity index (χ2v) is 5.99. The molecule has 1 rings (SSSR count). The van der Waals surface area contributed by atoms with Gasteiger partial charge in [0.1, 0.15) is 0 Å². The lowest BCUT2D eigenvalue weighted by Gasteiger charge is -2.23. The SMILES string of the molecule is CCN(CCC(=O)O)C(=O)C(C)Sc1ccc([N+](=O)[O-])cc1. The van der Waals surface area contributed by atoms with Crippen LogP contribution < -0.4 is 0 Å². The monoisotopic (exact) mass is 326 g/mol. The van der Waals surface area contributed by atoms with Gasteiger partial charge in [0.2, 0.25) is 5.91 Å². The van der Waals surface area contributed by atoms with Crippen LogP contribution in [0, 0.1) is 10.1 Å². The van der Waals surface area contributed by atoms with Crippen molar-refractivity contribution in [2.45, 2.75) is 30.4 Å². The highest BCUT2D eigenvalue weighted by Crippen LogP contribution is 2.26. The smallest absolute Gasteiger partial charge is 0.305 e. The number of hydrogen-bond donors (Lipinski definition) is 1. The summed E-state index contributed by atoms with van der Waals surface area (Å²) in [6, 6.07) is 5.98. The van der Waals surface area contributed by atoms with Gasteiger partial charge in [-0.2, -0.15) is 0 Å². The molecule has 1 unspecified atom stereocenters. The molecule has 0 fully saturated rings. The average molecular weight is 326 g/mol. The molecule has 0 bridgehead atoms. The highest BCUT2D eigenvalue weighted by Gasteiger charge is 2.21. The first-order chi connectivity index (χ1) is 10.3. The maximum atomic E-state index is 12.3. The fraction of sp³-hybridized carbons (Fsp3) is 0.429. The van der Waals surface area contributed by atoms with Crippen molar-refractivity contribution < 1.29 is 19.6 Å². The number of benzene rings is 1. The number of nitro groups is 1. The van der Waals surface area contributed by atoms with Gasteiger partial charge in [0, 0.05) is 30.1 Å². The standard InChI is InChI=1S/C14H18N2O5S/c1-3-15(9-8-13(17)18)14(19)10(2)22-12-6-4-11(5-7-12)16(20)21/h4-7,10H,3,8-9H2,1-2H3,(H,17,18). The van der Waals surface area contributed by atoms with Gasteiger partial charge in [-0.1, -0.05) is 0 Å². The van der Waals surface area contributed by atoms with Gasteiger partial charge in [-0.25, -0.2) is 0 Å². The molecule has 0 aliphatic rings. The Morgan fingerprint density at radius 1 is 1.36 bits per heavy atom. The Morgan fingerprint density at radius 3 is 2.41 bits per heavy atom. The Kier molecular flexibility index (Phi) is 6.84. The number of carboxylic acid groups (broad SMARTS) is 1. The predicted molar refractivity (Wildman–Crippen MR) is 82.9 cm³/mol. The van der Waals surface area contributed by atoms with Gasteiger partial charge < -0.3 is 10.0 Å². The van der Waals surface area contributed by atoms with Crippen molar-refractivity contribution in [3.63, 3.8) is 0 Å². The minimum atomic E-state index is -0.943. The van der Waals surface area contributed by atoms with E-state index < -0.39 is 16.1 Å². The van der Waals surface area contributed by atoms with Gasteiger partial charge in [0.25, 0.3) is 5.69 Å². The van der Waals surface area contributed by atoms with E-state index in [0.717, 1.165) is 4.90 Å². The first kappa shape index (κ1) is 18.0. The first-order valence-electron chi connectivity index (χ1n) is 6.76. The molecule has 7 nitrogen and oxygen atoms in total. The molecule has 120 valence electrons. The highest BCUT2D eigenvalue weighted by atomic mass is 32.2. The van der Waals surface area contributed by atoms with Crippen LogP contribution in [0.4, 0.5) is 5.69 Å². The van der Waals surface area contributed by atoms with Gasteiger partial charge in [-0.05, 0) is 26.0 Å². The van der Waals surface area contributed by atoms with E-state index in [1.807, 2.05) is 0 Å². The Morgan fingerprint density at radius 2 is 1.95 bits per heavy atom. The van der Waals surface area contributed by atoms with E-state index in [-0.39, 0.29) is 24.6 Å². The van der Waals surface area contributed by atoms with Crippen LogP contribution in [0.25, 0.3) is 0 Å². The molecular formula is C14H18N2O5S. The van der Waals surface area contributed by atoms with E-state index in [2.05, 4.69) is 0 Å². The normalized spacial score (nSPS) is 11.7. The molecule has 0 aliphatic carbocycles. The number of carbonyl (C=O) groups excluding carboxylic acids is 1. The molecule has 0 aliphatic heterocycles. The Balaban J connectivity index is 2.65. The van der Waals surface area contributed by atoms with Gasteiger partial charge in [0.15, 0.2) is 0 Å². The summed E-state index contributed by atoms with van der Waals surface area (Å²) in [5.41, 5.74) is -0.0000255. The highest BCUT2D eigenvalue weighted by molar-refractivity contribution is 8.00. The molecule has 22 heavy (non-hydrogen) atoms. The molecule has 1 N–H and O–H groups in total. The van der Waals surface area contributed by atoms with Crippen LogP contribution in [0.15, 0.2) is 29.2 Å². The molecule has 8 heteroatoms. The second kappa shape index (κ2) is 8.38. The molecular weight excluding hydrogens is 308 g/mol. The Labute approximate surface area is 132 Å². The number of carboxylic acids is 1. The minimum absolute atomic E-state index is 0.0000255. The van der Waals surface area contributed by atoms with Crippen molar-refractivity contribution >= 4 is 29.3 Å². The lowest BCUT2D eigenvalue weighted by atomic mass is 10.3. The summed E-state index contributed by atoms with van der Waals surface area (Å²) in [5, 5.41) is 18.9. The first-order valence-corrected chi connectivity index (χ1v) is 7.64. The fourth-order valence-electron chi connectivity index (χ4n) is 1.81. The molecule has 1 aromatic rings. The maximum absolute atomic E-state index is 12.3. The van der Waals surface area contributed by atoms with Crippen LogP contribution in [0.1, 0.15) is 20.3 Å². The van der Waals surface area contributed by atoms with E-state index in [4.69, 9.17) is 5.11 Å². The van der Waals surface area contributed by atoms with Crippen LogP contribution in [-0.2, 0) is 9.59 Å². The van der Waals surface area contributed by atoms with Crippen LogP contribution in [0.5, 0.6) is 0 Å². The summed E-state index contributed by atoms with van der Waals surface area (Å²) in [7, 11) is 0. The zero-order chi connectivity index (χ0) is 16.7. The lowest BCUT2D eigenvalue weighted by molar-refractivity contribution is -0.384. The summed E-state index contributed by atoms with van der Waals surface area (Å²) < 4.78 is 0. The topological polar surface area (TPSA) is 101 Å². The number of aliphatic carboxylic acids is 1. The van der Waals surface area contributed by atoms with E-state index in [1.165, 1.54) is 28.8 Å².